The highest BCUT2D eigenvalue weighted by molar-refractivity contribution is 6.09. The molecular formula is C36H25N3O2. The van der Waals surface area contributed by atoms with Gasteiger partial charge in [0, 0.05) is 50.4 Å². The van der Waals surface area contributed by atoms with Gasteiger partial charge in [-0.25, -0.2) is 0 Å². The van der Waals surface area contributed by atoms with Crippen LogP contribution in [-0.2, 0) is 0 Å². The molecule has 41 heavy (non-hydrogen) atoms. The SMILES string of the molecule is Nc1cc(C(=O)Nc2ccc(C#Cc3ccccc3)cc2)cc(C(=O)Nc2ccc(C#Cc3ccccc3)cc2)c1. The van der Waals surface area contributed by atoms with E-state index in [9.17, 15) is 9.59 Å². The molecule has 0 aliphatic rings. The first-order valence-corrected chi connectivity index (χ1v) is 12.9. The van der Waals surface area contributed by atoms with Crippen molar-refractivity contribution in [3.05, 3.63) is 161 Å². The van der Waals surface area contributed by atoms with Crippen molar-refractivity contribution < 1.29 is 9.59 Å². The average Bonchev–Trinajstić information content (AvgIpc) is 3.01. The second-order valence-electron chi connectivity index (χ2n) is 9.14. The molecule has 0 fully saturated rings. The molecule has 0 unspecified atom stereocenters. The molecule has 0 spiro atoms. The molecule has 0 aromatic heterocycles. The lowest BCUT2D eigenvalue weighted by Crippen LogP contribution is -2.16. The first-order valence-electron chi connectivity index (χ1n) is 12.9. The molecule has 0 heterocycles. The number of nitrogens with one attached hydrogen (secondary N) is 2. The Labute approximate surface area is 239 Å². The smallest absolute Gasteiger partial charge is 0.255 e. The van der Waals surface area contributed by atoms with E-state index in [1.54, 1.807) is 24.3 Å². The van der Waals surface area contributed by atoms with E-state index in [1.165, 1.54) is 18.2 Å². The monoisotopic (exact) mass is 531 g/mol. The van der Waals surface area contributed by atoms with Crippen LogP contribution in [0.3, 0.4) is 0 Å². The van der Waals surface area contributed by atoms with Gasteiger partial charge in [0.1, 0.15) is 0 Å². The number of carbonyl (C=O) groups excluding carboxylic acids is 2. The zero-order valence-corrected chi connectivity index (χ0v) is 22.0. The van der Waals surface area contributed by atoms with Crippen molar-refractivity contribution in [3.8, 4) is 23.7 Å². The Bertz CT molecular complexity index is 1670. The predicted molar refractivity (Wildman–Crippen MR) is 164 cm³/mol. The number of carbonyl (C=O) groups is 2. The number of anilines is 3. The molecule has 4 N–H and O–H groups in total. The Balaban J connectivity index is 1.22. The van der Waals surface area contributed by atoms with Crippen LogP contribution in [0.4, 0.5) is 17.1 Å². The van der Waals surface area contributed by atoms with Crippen LogP contribution in [0.25, 0.3) is 0 Å². The van der Waals surface area contributed by atoms with Crippen LogP contribution in [-0.4, -0.2) is 11.8 Å². The highest BCUT2D eigenvalue weighted by atomic mass is 16.2. The van der Waals surface area contributed by atoms with E-state index in [-0.39, 0.29) is 22.9 Å². The summed E-state index contributed by atoms with van der Waals surface area (Å²) in [7, 11) is 0. The van der Waals surface area contributed by atoms with Gasteiger partial charge < -0.3 is 16.4 Å². The van der Waals surface area contributed by atoms with E-state index >= 15 is 0 Å². The van der Waals surface area contributed by atoms with E-state index in [0.29, 0.717) is 17.1 Å². The van der Waals surface area contributed by atoms with E-state index < -0.39 is 0 Å². The summed E-state index contributed by atoms with van der Waals surface area (Å²) in [6.45, 7) is 0. The van der Waals surface area contributed by atoms with Gasteiger partial charge in [-0.3, -0.25) is 9.59 Å². The second kappa shape index (κ2) is 12.7. The largest absolute Gasteiger partial charge is 0.399 e. The number of nitrogen functional groups attached to an aromatic ring is 1. The maximum Gasteiger partial charge on any atom is 0.255 e. The highest BCUT2D eigenvalue weighted by Crippen LogP contribution is 2.18. The molecule has 0 aliphatic heterocycles. The third-order valence-electron chi connectivity index (χ3n) is 6.02. The fourth-order valence-corrected chi connectivity index (χ4v) is 3.93. The molecule has 0 radical (unpaired) electrons. The van der Waals surface area contributed by atoms with E-state index in [1.807, 2.05) is 84.9 Å². The Morgan fingerprint density at radius 1 is 0.463 bits per heavy atom. The molecule has 0 saturated heterocycles. The van der Waals surface area contributed by atoms with Gasteiger partial charge >= 0.3 is 0 Å². The standard InChI is InChI=1S/C36H25N3O2/c37-32-24-30(35(40)38-33-19-15-28(16-20-33)13-11-26-7-3-1-4-8-26)23-31(25-32)36(41)39-34-21-17-29(18-22-34)14-12-27-9-5-2-6-10-27/h1-10,15-25H,37H2,(H,38,40)(H,39,41). The van der Waals surface area contributed by atoms with Crippen molar-refractivity contribution in [2.45, 2.75) is 0 Å². The van der Waals surface area contributed by atoms with Crippen LogP contribution in [0.15, 0.2) is 127 Å². The Morgan fingerprint density at radius 2 is 0.805 bits per heavy atom. The average molecular weight is 532 g/mol. The van der Waals surface area contributed by atoms with Crippen LogP contribution in [0, 0.1) is 23.7 Å². The summed E-state index contributed by atoms with van der Waals surface area (Å²) in [6.07, 6.45) is 0. The molecule has 5 nitrogen and oxygen atoms in total. The minimum Gasteiger partial charge on any atom is -0.399 e. The first kappa shape index (κ1) is 26.6. The lowest BCUT2D eigenvalue weighted by atomic mass is 10.1. The van der Waals surface area contributed by atoms with Crippen LogP contribution < -0.4 is 16.4 Å². The number of hydrogen-bond donors (Lipinski definition) is 3. The Morgan fingerprint density at radius 3 is 1.17 bits per heavy atom. The van der Waals surface area contributed by atoms with Crippen LogP contribution in [0.5, 0.6) is 0 Å². The van der Waals surface area contributed by atoms with Crippen LogP contribution in [0.2, 0.25) is 0 Å². The van der Waals surface area contributed by atoms with Crippen molar-refractivity contribution in [1.29, 1.82) is 0 Å². The highest BCUT2D eigenvalue weighted by Gasteiger charge is 2.13. The topological polar surface area (TPSA) is 84.2 Å². The fourth-order valence-electron chi connectivity index (χ4n) is 3.93. The molecule has 5 heteroatoms. The van der Waals surface area contributed by atoms with Crippen LogP contribution >= 0.6 is 0 Å². The zero-order chi connectivity index (χ0) is 28.4. The van der Waals surface area contributed by atoms with Gasteiger partial charge in [-0.05, 0) is 91.0 Å². The summed E-state index contributed by atoms with van der Waals surface area (Å²) in [5, 5.41) is 5.69. The first-order chi connectivity index (χ1) is 20.0. The summed E-state index contributed by atoms with van der Waals surface area (Å²) < 4.78 is 0. The van der Waals surface area contributed by atoms with E-state index in [0.717, 1.165) is 22.3 Å². The van der Waals surface area contributed by atoms with Gasteiger partial charge in [0.25, 0.3) is 11.8 Å². The summed E-state index contributed by atoms with van der Waals surface area (Å²) in [6, 6.07) is 38.5. The van der Waals surface area contributed by atoms with Crippen molar-refractivity contribution in [2.24, 2.45) is 0 Å². The normalized spacial score (nSPS) is 9.85. The summed E-state index contributed by atoms with van der Waals surface area (Å²) in [4.78, 5) is 25.9. The second-order valence-corrected chi connectivity index (χ2v) is 9.14. The molecular weight excluding hydrogens is 506 g/mol. The molecule has 196 valence electrons. The summed E-state index contributed by atoms with van der Waals surface area (Å²) in [5.74, 6) is 11.7. The lowest BCUT2D eigenvalue weighted by molar-refractivity contribution is 0.102. The quantitative estimate of drug-likeness (QED) is 0.181. The fraction of sp³-hybridized carbons (Fsp3) is 0. The van der Waals surface area contributed by atoms with E-state index in [2.05, 4.69) is 34.3 Å². The molecule has 0 saturated carbocycles. The number of benzene rings is 5. The molecule has 0 atom stereocenters. The zero-order valence-electron chi connectivity index (χ0n) is 22.0. The maximum absolute atomic E-state index is 13.0. The number of hydrogen-bond acceptors (Lipinski definition) is 3. The third kappa shape index (κ3) is 7.51. The third-order valence-corrected chi connectivity index (χ3v) is 6.02. The van der Waals surface area contributed by atoms with Gasteiger partial charge in [-0.15, -0.1) is 0 Å². The van der Waals surface area contributed by atoms with Gasteiger partial charge in [-0.1, -0.05) is 60.1 Å². The van der Waals surface area contributed by atoms with Gasteiger partial charge in [0.15, 0.2) is 0 Å². The summed E-state index contributed by atoms with van der Waals surface area (Å²) >= 11 is 0. The minimum absolute atomic E-state index is 0.273. The number of rotatable bonds is 4. The van der Waals surface area contributed by atoms with Gasteiger partial charge in [0.2, 0.25) is 0 Å². The van der Waals surface area contributed by atoms with Crippen molar-refractivity contribution >= 4 is 28.9 Å². The molecule has 5 rings (SSSR count). The number of amides is 2. The molecule has 0 aliphatic carbocycles. The predicted octanol–water partition coefficient (Wildman–Crippen LogP) is 6.57. The molecule has 0 bridgehead atoms. The lowest BCUT2D eigenvalue weighted by Gasteiger charge is -2.10. The molecule has 5 aromatic rings. The van der Waals surface area contributed by atoms with E-state index in [4.69, 9.17) is 5.73 Å². The molecule has 2 amide bonds. The molecule has 5 aromatic carbocycles. The Hall–Kier alpha value is -6.04. The van der Waals surface area contributed by atoms with Crippen molar-refractivity contribution in [3.63, 3.8) is 0 Å². The number of nitrogens with two attached hydrogens (primary N) is 1. The van der Waals surface area contributed by atoms with Crippen molar-refractivity contribution in [1.82, 2.24) is 0 Å². The van der Waals surface area contributed by atoms with Crippen LogP contribution in [0.1, 0.15) is 43.0 Å². The van der Waals surface area contributed by atoms with Crippen molar-refractivity contribution in [2.75, 3.05) is 16.4 Å². The minimum atomic E-state index is -0.379. The van der Waals surface area contributed by atoms with Gasteiger partial charge in [0.05, 0.1) is 0 Å². The maximum atomic E-state index is 13.0. The summed E-state index contributed by atoms with van der Waals surface area (Å²) in [5.41, 5.74) is 11.6. The Kier molecular flexibility index (Phi) is 8.21. The van der Waals surface area contributed by atoms with Gasteiger partial charge in [-0.2, -0.15) is 0 Å².